The van der Waals surface area contributed by atoms with Gasteiger partial charge in [0.1, 0.15) is 5.15 Å². The number of nitrogens with zero attached hydrogens (tertiary/aromatic N) is 5. The third-order valence-corrected chi connectivity index (χ3v) is 4.74. The summed E-state index contributed by atoms with van der Waals surface area (Å²) in [7, 11) is 1.87. The van der Waals surface area contributed by atoms with E-state index < -0.39 is 6.10 Å². The highest BCUT2D eigenvalue weighted by Crippen LogP contribution is 2.37. The fourth-order valence-electron chi connectivity index (χ4n) is 3.35. The summed E-state index contributed by atoms with van der Waals surface area (Å²) in [5.41, 5.74) is 2.08. The van der Waals surface area contributed by atoms with E-state index in [1.165, 1.54) is 0 Å². The summed E-state index contributed by atoms with van der Waals surface area (Å²) in [6.07, 6.45) is 5.32. The maximum atomic E-state index is 10.3. The zero-order chi connectivity index (χ0) is 15.7. The Hall–Kier alpha value is -1.37. The van der Waals surface area contributed by atoms with Gasteiger partial charge in [-0.3, -0.25) is 14.3 Å². The molecule has 3 heterocycles. The van der Waals surface area contributed by atoms with Crippen LogP contribution in [0.5, 0.6) is 0 Å². The molecule has 3 rings (SSSR count). The standard InChI is InChI=1S/C15H22ClN5O/c1-11-14(15(16)19(2)18-11)13-5-3-7-20(13)9-12(22)10-21-8-4-6-17-21/h4,6,8,12-13,22H,3,5,7,9-10H2,1-2H3. The zero-order valence-corrected chi connectivity index (χ0v) is 13.7. The number of hydrogen-bond donors (Lipinski definition) is 1. The van der Waals surface area contributed by atoms with E-state index in [1.807, 2.05) is 26.2 Å². The van der Waals surface area contributed by atoms with Crippen LogP contribution in [-0.2, 0) is 13.6 Å². The first-order valence-corrected chi connectivity index (χ1v) is 8.02. The van der Waals surface area contributed by atoms with Crippen LogP contribution in [0.4, 0.5) is 0 Å². The highest BCUT2D eigenvalue weighted by Gasteiger charge is 2.32. The Morgan fingerprint density at radius 2 is 2.27 bits per heavy atom. The third kappa shape index (κ3) is 3.04. The molecule has 2 aromatic heterocycles. The van der Waals surface area contributed by atoms with Crippen molar-refractivity contribution >= 4 is 11.6 Å². The van der Waals surface area contributed by atoms with Crippen molar-refractivity contribution < 1.29 is 5.11 Å². The second-order valence-electron chi connectivity index (χ2n) is 5.95. The number of aromatic nitrogens is 4. The Morgan fingerprint density at radius 1 is 1.45 bits per heavy atom. The molecule has 0 saturated carbocycles. The van der Waals surface area contributed by atoms with E-state index in [0.717, 1.165) is 30.6 Å². The second kappa shape index (κ2) is 6.40. The highest BCUT2D eigenvalue weighted by atomic mass is 35.5. The molecule has 7 heteroatoms. The van der Waals surface area contributed by atoms with Gasteiger partial charge in [0.25, 0.3) is 0 Å². The topological polar surface area (TPSA) is 59.1 Å². The normalized spacial score (nSPS) is 20.6. The molecular formula is C15H22ClN5O. The van der Waals surface area contributed by atoms with E-state index in [2.05, 4.69) is 15.1 Å². The first-order chi connectivity index (χ1) is 10.6. The number of rotatable bonds is 5. The highest BCUT2D eigenvalue weighted by molar-refractivity contribution is 6.30. The molecule has 0 spiro atoms. The van der Waals surface area contributed by atoms with E-state index in [0.29, 0.717) is 18.2 Å². The van der Waals surface area contributed by atoms with Crippen LogP contribution in [0.2, 0.25) is 5.15 Å². The minimum Gasteiger partial charge on any atom is -0.390 e. The molecule has 22 heavy (non-hydrogen) atoms. The molecule has 0 amide bonds. The molecular weight excluding hydrogens is 302 g/mol. The molecule has 2 atom stereocenters. The van der Waals surface area contributed by atoms with E-state index in [4.69, 9.17) is 11.6 Å². The van der Waals surface area contributed by atoms with Crippen molar-refractivity contribution in [3.8, 4) is 0 Å². The fraction of sp³-hybridized carbons (Fsp3) is 0.600. The first-order valence-electron chi connectivity index (χ1n) is 7.64. The quantitative estimate of drug-likeness (QED) is 0.911. The molecule has 0 radical (unpaired) electrons. The molecule has 120 valence electrons. The van der Waals surface area contributed by atoms with Crippen molar-refractivity contribution in [2.45, 2.75) is 38.5 Å². The van der Waals surface area contributed by atoms with Crippen molar-refractivity contribution in [1.82, 2.24) is 24.5 Å². The predicted octanol–water partition coefficient (Wildman–Crippen LogP) is 1.78. The van der Waals surface area contributed by atoms with Gasteiger partial charge in [-0.1, -0.05) is 11.6 Å². The lowest BCUT2D eigenvalue weighted by Crippen LogP contribution is -2.34. The van der Waals surface area contributed by atoms with Gasteiger partial charge in [0.05, 0.1) is 18.3 Å². The molecule has 1 fully saturated rings. The Labute approximate surface area is 135 Å². The zero-order valence-electron chi connectivity index (χ0n) is 13.0. The van der Waals surface area contributed by atoms with Crippen LogP contribution >= 0.6 is 11.6 Å². The summed E-state index contributed by atoms with van der Waals surface area (Å²) in [6.45, 7) is 4.11. The molecule has 0 bridgehead atoms. The van der Waals surface area contributed by atoms with Crippen LogP contribution < -0.4 is 0 Å². The van der Waals surface area contributed by atoms with Gasteiger partial charge >= 0.3 is 0 Å². The summed E-state index contributed by atoms with van der Waals surface area (Å²) in [6, 6.07) is 2.11. The minimum atomic E-state index is -0.448. The SMILES string of the molecule is Cc1nn(C)c(Cl)c1C1CCCN1CC(O)Cn1cccn1. The lowest BCUT2D eigenvalue weighted by molar-refractivity contribution is 0.0889. The van der Waals surface area contributed by atoms with Gasteiger partial charge in [-0.25, -0.2) is 0 Å². The van der Waals surface area contributed by atoms with Gasteiger partial charge < -0.3 is 5.11 Å². The van der Waals surface area contributed by atoms with Gasteiger partial charge in [0.2, 0.25) is 0 Å². The molecule has 0 aliphatic carbocycles. The minimum absolute atomic E-state index is 0.244. The molecule has 1 saturated heterocycles. The first kappa shape index (κ1) is 15.5. The monoisotopic (exact) mass is 323 g/mol. The van der Waals surface area contributed by atoms with Crippen molar-refractivity contribution in [2.75, 3.05) is 13.1 Å². The van der Waals surface area contributed by atoms with Crippen LogP contribution in [-0.4, -0.2) is 48.8 Å². The Balaban J connectivity index is 1.70. The Bertz CT molecular complexity index is 624. The van der Waals surface area contributed by atoms with Gasteiger partial charge in [-0.15, -0.1) is 0 Å². The second-order valence-corrected chi connectivity index (χ2v) is 6.31. The number of β-amino-alcohol motifs (C(OH)–C–C–N with tert-alkyl or cyclic N) is 1. The van der Waals surface area contributed by atoms with Crippen LogP contribution in [0.15, 0.2) is 18.5 Å². The average Bonchev–Trinajstić information content (AvgIpc) is 3.15. The number of halogens is 1. The van der Waals surface area contributed by atoms with Gasteiger partial charge in [0, 0.05) is 37.6 Å². The van der Waals surface area contributed by atoms with Crippen LogP contribution in [0.25, 0.3) is 0 Å². The van der Waals surface area contributed by atoms with E-state index in [-0.39, 0.29) is 6.04 Å². The third-order valence-electron chi connectivity index (χ3n) is 4.30. The van der Waals surface area contributed by atoms with Gasteiger partial charge in [-0.05, 0) is 32.4 Å². The average molecular weight is 324 g/mol. The number of aryl methyl sites for hydroxylation is 2. The summed E-state index contributed by atoms with van der Waals surface area (Å²) >= 11 is 6.41. The number of hydrogen-bond acceptors (Lipinski definition) is 4. The summed E-state index contributed by atoms with van der Waals surface area (Å²) in [5, 5.41) is 19.6. The molecule has 0 aromatic carbocycles. The molecule has 1 aliphatic rings. The maximum absolute atomic E-state index is 10.3. The molecule has 2 aromatic rings. The van der Waals surface area contributed by atoms with Crippen molar-refractivity contribution in [2.24, 2.45) is 7.05 Å². The van der Waals surface area contributed by atoms with Crippen LogP contribution in [0, 0.1) is 6.92 Å². The van der Waals surface area contributed by atoms with Crippen LogP contribution in [0.1, 0.15) is 30.1 Å². The van der Waals surface area contributed by atoms with Gasteiger partial charge in [-0.2, -0.15) is 10.2 Å². The lowest BCUT2D eigenvalue weighted by Gasteiger charge is -2.27. The maximum Gasteiger partial charge on any atom is 0.131 e. The van der Waals surface area contributed by atoms with Crippen LogP contribution in [0.3, 0.4) is 0 Å². The Morgan fingerprint density at radius 3 is 2.91 bits per heavy atom. The van der Waals surface area contributed by atoms with Crippen molar-refractivity contribution in [3.05, 3.63) is 34.9 Å². The molecule has 1 aliphatic heterocycles. The largest absolute Gasteiger partial charge is 0.390 e. The number of aliphatic hydroxyl groups excluding tert-OH is 1. The van der Waals surface area contributed by atoms with Crippen molar-refractivity contribution in [1.29, 1.82) is 0 Å². The number of likely N-dealkylation sites (tertiary alicyclic amines) is 1. The summed E-state index contributed by atoms with van der Waals surface area (Å²) in [5.74, 6) is 0. The summed E-state index contributed by atoms with van der Waals surface area (Å²) < 4.78 is 3.49. The molecule has 2 unspecified atom stereocenters. The smallest absolute Gasteiger partial charge is 0.131 e. The van der Waals surface area contributed by atoms with E-state index >= 15 is 0 Å². The lowest BCUT2D eigenvalue weighted by atomic mass is 10.1. The Kier molecular flexibility index (Phi) is 4.52. The summed E-state index contributed by atoms with van der Waals surface area (Å²) in [4.78, 5) is 2.31. The van der Waals surface area contributed by atoms with Crippen molar-refractivity contribution in [3.63, 3.8) is 0 Å². The molecule has 1 N–H and O–H groups in total. The van der Waals surface area contributed by atoms with Gasteiger partial charge in [0.15, 0.2) is 0 Å². The number of aliphatic hydroxyl groups is 1. The van der Waals surface area contributed by atoms with E-state index in [9.17, 15) is 5.11 Å². The molecule has 6 nitrogen and oxygen atoms in total. The predicted molar refractivity (Wildman–Crippen MR) is 84.7 cm³/mol. The van der Waals surface area contributed by atoms with E-state index in [1.54, 1.807) is 15.6 Å². The fourth-order valence-corrected chi connectivity index (χ4v) is 3.65.